The Morgan fingerprint density at radius 2 is 2.15 bits per heavy atom. The number of ether oxygens (including phenoxy) is 1. The van der Waals surface area contributed by atoms with Crippen LogP contribution >= 0.6 is 0 Å². The van der Waals surface area contributed by atoms with Crippen molar-refractivity contribution in [3.05, 3.63) is 48.0 Å². The highest BCUT2D eigenvalue weighted by Gasteiger charge is 2.34. The van der Waals surface area contributed by atoms with E-state index in [0.717, 1.165) is 18.4 Å². The number of rotatable bonds is 5. The van der Waals surface area contributed by atoms with Crippen LogP contribution in [0.4, 0.5) is 0 Å². The Labute approximate surface area is 117 Å². The van der Waals surface area contributed by atoms with Crippen LogP contribution < -0.4 is 0 Å². The van der Waals surface area contributed by atoms with Crippen LogP contribution in [-0.2, 0) is 9.53 Å². The van der Waals surface area contributed by atoms with E-state index in [-0.39, 0.29) is 5.97 Å². The van der Waals surface area contributed by atoms with Crippen molar-refractivity contribution in [1.82, 2.24) is 14.8 Å². The van der Waals surface area contributed by atoms with Crippen LogP contribution in [0, 0.1) is 0 Å². The number of esters is 1. The van der Waals surface area contributed by atoms with Crippen molar-refractivity contribution in [2.24, 2.45) is 0 Å². The lowest BCUT2D eigenvalue weighted by Crippen LogP contribution is -2.21. The maximum Gasteiger partial charge on any atom is 0.321 e. The first kappa shape index (κ1) is 12.8. The molecule has 1 aromatic heterocycles. The third-order valence-corrected chi connectivity index (χ3v) is 3.45. The first-order chi connectivity index (χ1) is 9.81. The highest BCUT2D eigenvalue weighted by atomic mass is 16.5. The average Bonchev–Trinajstić information content (AvgIpc) is 3.20. The summed E-state index contributed by atoms with van der Waals surface area (Å²) >= 11 is 0. The molecular formula is C15H17N3O2. The molecule has 1 aromatic carbocycles. The predicted molar refractivity (Wildman–Crippen MR) is 73.2 cm³/mol. The van der Waals surface area contributed by atoms with Crippen molar-refractivity contribution < 1.29 is 9.53 Å². The predicted octanol–water partition coefficient (Wildman–Crippen LogP) is 2.31. The van der Waals surface area contributed by atoms with E-state index in [1.165, 1.54) is 0 Å². The molecule has 0 spiro atoms. The third-order valence-electron chi connectivity index (χ3n) is 3.45. The van der Waals surface area contributed by atoms with Crippen LogP contribution in [0.1, 0.15) is 43.1 Å². The van der Waals surface area contributed by atoms with E-state index in [0.29, 0.717) is 18.5 Å². The lowest BCUT2D eigenvalue weighted by atomic mass is 9.98. The number of carbonyl (C=O) groups excluding carboxylic acids is 1. The smallest absolute Gasteiger partial charge is 0.321 e. The van der Waals surface area contributed by atoms with Gasteiger partial charge in [-0.1, -0.05) is 30.3 Å². The summed E-state index contributed by atoms with van der Waals surface area (Å²) in [5, 5.41) is 8.15. The molecule has 1 unspecified atom stereocenters. The molecule has 0 amide bonds. The maximum absolute atomic E-state index is 12.3. The summed E-state index contributed by atoms with van der Waals surface area (Å²) in [6, 6.07) is 10.0. The van der Waals surface area contributed by atoms with Gasteiger partial charge >= 0.3 is 5.97 Å². The molecule has 2 aromatic rings. The van der Waals surface area contributed by atoms with Crippen molar-refractivity contribution in [3.63, 3.8) is 0 Å². The number of benzene rings is 1. The normalized spacial score (nSPS) is 15.8. The van der Waals surface area contributed by atoms with Crippen LogP contribution in [0.5, 0.6) is 0 Å². The second kappa shape index (κ2) is 5.45. The van der Waals surface area contributed by atoms with Crippen molar-refractivity contribution in [2.75, 3.05) is 6.61 Å². The third kappa shape index (κ3) is 2.43. The average molecular weight is 271 g/mol. The van der Waals surface area contributed by atoms with Gasteiger partial charge in [0, 0.05) is 6.04 Å². The monoisotopic (exact) mass is 271 g/mol. The first-order valence-electron chi connectivity index (χ1n) is 6.92. The molecule has 3 rings (SSSR count). The molecule has 0 aliphatic heterocycles. The van der Waals surface area contributed by atoms with Crippen molar-refractivity contribution in [1.29, 1.82) is 0 Å². The van der Waals surface area contributed by atoms with E-state index in [2.05, 4.69) is 10.2 Å². The Hall–Kier alpha value is -2.17. The van der Waals surface area contributed by atoms with Crippen molar-refractivity contribution in [2.45, 2.75) is 31.7 Å². The lowest BCUT2D eigenvalue weighted by molar-refractivity contribution is -0.144. The van der Waals surface area contributed by atoms with Gasteiger partial charge < -0.3 is 9.30 Å². The fraction of sp³-hybridized carbons (Fsp3) is 0.400. The molecular weight excluding hydrogens is 254 g/mol. The summed E-state index contributed by atoms with van der Waals surface area (Å²) in [7, 11) is 0. The first-order valence-corrected chi connectivity index (χ1v) is 6.92. The molecule has 1 aliphatic rings. The van der Waals surface area contributed by atoms with Gasteiger partial charge in [-0.25, -0.2) is 0 Å². The minimum absolute atomic E-state index is 0.270. The van der Waals surface area contributed by atoms with E-state index < -0.39 is 5.92 Å². The topological polar surface area (TPSA) is 57.0 Å². The molecule has 1 saturated carbocycles. The Balaban J connectivity index is 2.00. The van der Waals surface area contributed by atoms with Crippen molar-refractivity contribution in [3.8, 4) is 0 Å². The number of hydrogen-bond donors (Lipinski definition) is 0. The molecule has 0 radical (unpaired) electrons. The molecule has 1 atom stereocenters. The van der Waals surface area contributed by atoms with Gasteiger partial charge in [-0.3, -0.25) is 4.79 Å². The summed E-state index contributed by atoms with van der Waals surface area (Å²) in [5.41, 5.74) is 0.890. The van der Waals surface area contributed by atoms with Gasteiger partial charge in [-0.2, -0.15) is 0 Å². The largest absolute Gasteiger partial charge is 0.465 e. The zero-order valence-electron chi connectivity index (χ0n) is 11.4. The van der Waals surface area contributed by atoms with Crippen LogP contribution in [-0.4, -0.2) is 27.3 Å². The van der Waals surface area contributed by atoms with Gasteiger partial charge in [0.2, 0.25) is 0 Å². The van der Waals surface area contributed by atoms with E-state index in [4.69, 9.17) is 4.74 Å². The molecule has 0 bridgehead atoms. The van der Waals surface area contributed by atoms with Gasteiger partial charge in [0.25, 0.3) is 0 Å². The van der Waals surface area contributed by atoms with E-state index in [9.17, 15) is 4.79 Å². The van der Waals surface area contributed by atoms with E-state index >= 15 is 0 Å². The quantitative estimate of drug-likeness (QED) is 0.783. The summed E-state index contributed by atoms with van der Waals surface area (Å²) in [6.45, 7) is 2.17. The highest BCUT2D eigenvalue weighted by molar-refractivity contribution is 5.81. The zero-order valence-corrected chi connectivity index (χ0v) is 11.4. The summed E-state index contributed by atoms with van der Waals surface area (Å²) < 4.78 is 7.23. The SMILES string of the molecule is CCOC(=O)C(c1ccccc1)c1nncn1C1CC1. The van der Waals surface area contributed by atoms with Gasteiger partial charge in [-0.15, -0.1) is 10.2 Å². The summed E-state index contributed by atoms with van der Waals surface area (Å²) in [6.07, 6.45) is 3.95. The summed E-state index contributed by atoms with van der Waals surface area (Å²) in [4.78, 5) is 12.3. The number of aromatic nitrogens is 3. The molecule has 0 saturated heterocycles. The van der Waals surface area contributed by atoms with E-state index in [1.807, 2.05) is 41.8 Å². The lowest BCUT2D eigenvalue weighted by Gasteiger charge is -2.16. The molecule has 20 heavy (non-hydrogen) atoms. The summed E-state index contributed by atoms with van der Waals surface area (Å²) in [5.74, 6) is -0.0926. The van der Waals surface area contributed by atoms with Crippen molar-refractivity contribution >= 4 is 5.97 Å². The minimum Gasteiger partial charge on any atom is -0.465 e. The molecule has 104 valence electrons. The van der Waals surface area contributed by atoms with Gasteiger partial charge in [0.1, 0.15) is 12.2 Å². The molecule has 0 N–H and O–H groups in total. The number of hydrogen-bond acceptors (Lipinski definition) is 4. The van der Waals surface area contributed by atoms with Crippen LogP contribution in [0.25, 0.3) is 0 Å². The molecule has 5 heteroatoms. The van der Waals surface area contributed by atoms with Crippen LogP contribution in [0.2, 0.25) is 0 Å². The second-order valence-electron chi connectivity index (χ2n) is 4.92. The second-order valence-corrected chi connectivity index (χ2v) is 4.92. The van der Waals surface area contributed by atoms with Gasteiger partial charge in [0.15, 0.2) is 5.82 Å². The van der Waals surface area contributed by atoms with Gasteiger partial charge in [0.05, 0.1) is 6.61 Å². The fourth-order valence-corrected chi connectivity index (χ4v) is 2.35. The standard InChI is InChI=1S/C15H17N3O2/c1-2-20-15(19)13(11-6-4-3-5-7-11)14-17-16-10-18(14)12-8-9-12/h3-7,10,12-13H,2,8-9H2,1H3. The highest BCUT2D eigenvalue weighted by Crippen LogP contribution is 2.38. The van der Waals surface area contributed by atoms with Gasteiger partial charge in [-0.05, 0) is 25.3 Å². The molecule has 1 heterocycles. The number of carbonyl (C=O) groups is 1. The van der Waals surface area contributed by atoms with Crippen LogP contribution in [0.3, 0.4) is 0 Å². The molecule has 1 fully saturated rings. The zero-order chi connectivity index (χ0) is 13.9. The Kier molecular flexibility index (Phi) is 3.50. The Morgan fingerprint density at radius 3 is 2.80 bits per heavy atom. The molecule has 5 nitrogen and oxygen atoms in total. The fourth-order valence-electron chi connectivity index (χ4n) is 2.35. The Bertz CT molecular complexity index is 590. The number of nitrogens with zero attached hydrogens (tertiary/aromatic N) is 3. The van der Waals surface area contributed by atoms with Crippen LogP contribution in [0.15, 0.2) is 36.7 Å². The molecule has 1 aliphatic carbocycles. The maximum atomic E-state index is 12.3. The Morgan fingerprint density at radius 1 is 1.40 bits per heavy atom. The minimum atomic E-state index is -0.501. The van der Waals surface area contributed by atoms with E-state index in [1.54, 1.807) is 6.33 Å².